The Labute approximate surface area is 112 Å². The van der Waals surface area contributed by atoms with Crippen molar-refractivity contribution in [1.29, 1.82) is 0 Å². The zero-order chi connectivity index (χ0) is 12.7. The van der Waals surface area contributed by atoms with Gasteiger partial charge in [-0.25, -0.2) is 4.39 Å². The van der Waals surface area contributed by atoms with Crippen molar-refractivity contribution in [2.75, 3.05) is 0 Å². The number of aliphatic hydroxyl groups is 1. The molecule has 98 valence electrons. The zero-order valence-corrected chi connectivity index (χ0v) is 11.0. The van der Waals surface area contributed by atoms with E-state index in [4.69, 9.17) is 11.6 Å². The number of aliphatic hydroxyl groups excluding tert-OH is 1. The summed E-state index contributed by atoms with van der Waals surface area (Å²) in [6.45, 7) is 0. The van der Waals surface area contributed by atoms with Gasteiger partial charge < -0.3 is 5.11 Å². The highest BCUT2D eigenvalue weighted by Gasteiger charge is 2.42. The first kappa shape index (κ1) is 12.4. The molecule has 0 amide bonds. The molecular formula is C15H18ClFO. The van der Waals surface area contributed by atoms with Gasteiger partial charge in [-0.3, -0.25) is 0 Å². The Morgan fingerprint density at radius 1 is 1.33 bits per heavy atom. The molecule has 2 aliphatic rings. The van der Waals surface area contributed by atoms with Crippen molar-refractivity contribution in [3.05, 3.63) is 34.6 Å². The molecule has 0 spiro atoms. The van der Waals surface area contributed by atoms with Crippen LogP contribution in [0.1, 0.15) is 31.2 Å². The van der Waals surface area contributed by atoms with E-state index in [2.05, 4.69) is 0 Å². The maximum absolute atomic E-state index is 13.0. The highest BCUT2D eigenvalue weighted by Crippen LogP contribution is 2.50. The van der Waals surface area contributed by atoms with Crippen LogP contribution in [-0.2, 0) is 6.42 Å². The fourth-order valence-corrected chi connectivity index (χ4v) is 4.07. The normalized spacial score (nSPS) is 31.8. The SMILES string of the molecule is OC(Cc1ccc(F)cc1Cl)C1CC2CCC1C2. The van der Waals surface area contributed by atoms with E-state index < -0.39 is 0 Å². The van der Waals surface area contributed by atoms with Crippen LogP contribution in [0.3, 0.4) is 0 Å². The van der Waals surface area contributed by atoms with Gasteiger partial charge in [-0.05, 0) is 54.7 Å². The standard InChI is InChI=1S/C15H18ClFO/c16-14-8-12(17)4-3-11(14)7-15(18)13-6-9-1-2-10(13)5-9/h3-4,8-10,13,15,18H,1-2,5-7H2. The molecule has 2 saturated carbocycles. The average molecular weight is 269 g/mol. The molecule has 0 aromatic heterocycles. The molecule has 0 heterocycles. The van der Waals surface area contributed by atoms with Crippen molar-refractivity contribution in [2.45, 2.75) is 38.2 Å². The molecule has 2 aliphatic carbocycles. The van der Waals surface area contributed by atoms with Crippen molar-refractivity contribution in [3.8, 4) is 0 Å². The molecule has 4 atom stereocenters. The fourth-order valence-electron chi connectivity index (χ4n) is 3.83. The predicted molar refractivity (Wildman–Crippen MR) is 70.1 cm³/mol. The first-order valence-electron chi connectivity index (χ1n) is 6.75. The van der Waals surface area contributed by atoms with Gasteiger partial charge in [-0.2, -0.15) is 0 Å². The lowest BCUT2D eigenvalue weighted by Gasteiger charge is -2.27. The minimum atomic E-state index is -0.330. The average Bonchev–Trinajstić information content (AvgIpc) is 2.94. The Hall–Kier alpha value is -0.600. The van der Waals surface area contributed by atoms with Gasteiger partial charge in [0.05, 0.1) is 6.10 Å². The Morgan fingerprint density at radius 3 is 2.78 bits per heavy atom. The zero-order valence-electron chi connectivity index (χ0n) is 10.3. The van der Waals surface area contributed by atoms with Crippen LogP contribution >= 0.6 is 11.6 Å². The van der Waals surface area contributed by atoms with E-state index in [1.807, 2.05) is 0 Å². The van der Waals surface area contributed by atoms with E-state index >= 15 is 0 Å². The molecule has 2 fully saturated rings. The van der Waals surface area contributed by atoms with E-state index in [1.54, 1.807) is 6.07 Å². The van der Waals surface area contributed by atoms with E-state index in [-0.39, 0.29) is 11.9 Å². The Morgan fingerprint density at radius 2 is 2.17 bits per heavy atom. The van der Waals surface area contributed by atoms with E-state index in [1.165, 1.54) is 31.4 Å². The first-order chi connectivity index (χ1) is 8.63. The van der Waals surface area contributed by atoms with Crippen LogP contribution in [0.25, 0.3) is 0 Å². The number of hydrogen-bond donors (Lipinski definition) is 1. The van der Waals surface area contributed by atoms with Crippen LogP contribution in [0.5, 0.6) is 0 Å². The second-order valence-electron chi connectivity index (χ2n) is 5.85. The topological polar surface area (TPSA) is 20.2 Å². The third-order valence-electron chi connectivity index (χ3n) is 4.73. The first-order valence-corrected chi connectivity index (χ1v) is 7.13. The number of rotatable bonds is 3. The molecule has 2 bridgehead atoms. The summed E-state index contributed by atoms with van der Waals surface area (Å²) in [4.78, 5) is 0. The van der Waals surface area contributed by atoms with Gasteiger partial charge in [0.15, 0.2) is 0 Å². The maximum Gasteiger partial charge on any atom is 0.124 e. The molecule has 18 heavy (non-hydrogen) atoms. The lowest BCUT2D eigenvalue weighted by atomic mass is 9.82. The largest absolute Gasteiger partial charge is 0.392 e. The molecule has 0 radical (unpaired) electrons. The lowest BCUT2D eigenvalue weighted by Crippen LogP contribution is -2.27. The Kier molecular flexibility index (Phi) is 3.33. The third kappa shape index (κ3) is 2.28. The van der Waals surface area contributed by atoms with Crippen molar-refractivity contribution in [1.82, 2.24) is 0 Å². The summed E-state index contributed by atoms with van der Waals surface area (Å²) in [5, 5.41) is 10.8. The van der Waals surface area contributed by atoms with Crippen LogP contribution in [0.2, 0.25) is 5.02 Å². The minimum absolute atomic E-state index is 0.321. The summed E-state index contributed by atoms with van der Waals surface area (Å²) in [6.07, 6.45) is 5.27. The van der Waals surface area contributed by atoms with E-state index in [0.29, 0.717) is 23.3 Å². The predicted octanol–water partition coefficient (Wildman–Crippen LogP) is 3.82. The number of hydrogen-bond acceptors (Lipinski definition) is 1. The van der Waals surface area contributed by atoms with E-state index in [9.17, 15) is 9.50 Å². The molecular weight excluding hydrogens is 251 g/mol. The van der Waals surface area contributed by atoms with Gasteiger partial charge in [0.1, 0.15) is 5.82 Å². The Bertz CT molecular complexity index is 448. The van der Waals surface area contributed by atoms with Gasteiger partial charge >= 0.3 is 0 Å². The fraction of sp³-hybridized carbons (Fsp3) is 0.600. The third-order valence-corrected chi connectivity index (χ3v) is 5.08. The van der Waals surface area contributed by atoms with E-state index in [0.717, 1.165) is 17.9 Å². The maximum atomic E-state index is 13.0. The molecule has 3 rings (SSSR count). The molecule has 1 aromatic rings. The monoisotopic (exact) mass is 268 g/mol. The molecule has 0 saturated heterocycles. The molecule has 0 aliphatic heterocycles. The minimum Gasteiger partial charge on any atom is -0.392 e. The number of halogens is 2. The van der Waals surface area contributed by atoms with Crippen LogP contribution in [-0.4, -0.2) is 11.2 Å². The summed E-state index contributed by atoms with van der Waals surface area (Å²) in [5.74, 6) is 1.63. The molecule has 3 heteroatoms. The lowest BCUT2D eigenvalue weighted by molar-refractivity contribution is 0.0751. The molecule has 1 nitrogen and oxygen atoms in total. The van der Waals surface area contributed by atoms with Gasteiger partial charge in [0.2, 0.25) is 0 Å². The summed E-state index contributed by atoms with van der Waals surface area (Å²) in [7, 11) is 0. The van der Waals surface area contributed by atoms with Crippen molar-refractivity contribution >= 4 is 11.6 Å². The van der Waals surface area contributed by atoms with Crippen molar-refractivity contribution < 1.29 is 9.50 Å². The van der Waals surface area contributed by atoms with Crippen molar-refractivity contribution in [3.63, 3.8) is 0 Å². The quantitative estimate of drug-likeness (QED) is 0.884. The molecule has 1 aromatic carbocycles. The van der Waals surface area contributed by atoms with Gasteiger partial charge in [-0.15, -0.1) is 0 Å². The van der Waals surface area contributed by atoms with Crippen molar-refractivity contribution in [2.24, 2.45) is 17.8 Å². The highest BCUT2D eigenvalue weighted by atomic mass is 35.5. The molecule has 4 unspecified atom stereocenters. The van der Waals surface area contributed by atoms with Crippen LogP contribution in [0.4, 0.5) is 4.39 Å². The summed E-state index contributed by atoms with van der Waals surface area (Å²) >= 11 is 6.01. The summed E-state index contributed by atoms with van der Waals surface area (Å²) in [5.41, 5.74) is 0.855. The van der Waals surface area contributed by atoms with Gasteiger partial charge in [0, 0.05) is 11.4 Å². The summed E-state index contributed by atoms with van der Waals surface area (Å²) < 4.78 is 13.0. The smallest absolute Gasteiger partial charge is 0.124 e. The van der Waals surface area contributed by atoms with Crippen LogP contribution < -0.4 is 0 Å². The van der Waals surface area contributed by atoms with Crippen LogP contribution in [0.15, 0.2) is 18.2 Å². The summed E-state index contributed by atoms with van der Waals surface area (Å²) in [6, 6.07) is 4.42. The molecule has 1 N–H and O–H groups in total. The number of fused-ring (bicyclic) bond motifs is 2. The number of benzene rings is 1. The highest BCUT2D eigenvalue weighted by molar-refractivity contribution is 6.31. The van der Waals surface area contributed by atoms with Crippen LogP contribution in [0, 0.1) is 23.6 Å². The van der Waals surface area contributed by atoms with Gasteiger partial charge in [-0.1, -0.05) is 24.1 Å². The second kappa shape index (κ2) is 4.82. The Balaban J connectivity index is 1.69. The second-order valence-corrected chi connectivity index (χ2v) is 6.25. The van der Waals surface area contributed by atoms with Gasteiger partial charge in [0.25, 0.3) is 0 Å².